The normalized spacial score (nSPS) is 10.1. The molecular formula is C24H24N2O5. The number of benzene rings is 3. The fourth-order valence-electron chi connectivity index (χ4n) is 2.89. The molecule has 0 fully saturated rings. The Hall–Kier alpha value is -4.00. The molecule has 31 heavy (non-hydrogen) atoms. The fourth-order valence-corrected chi connectivity index (χ4v) is 2.89. The molecule has 3 aromatic carbocycles. The summed E-state index contributed by atoms with van der Waals surface area (Å²) in [6.45, 7) is -0.172. The molecule has 0 bridgehead atoms. The van der Waals surface area contributed by atoms with E-state index in [1.54, 1.807) is 49.6 Å². The van der Waals surface area contributed by atoms with E-state index in [0.29, 0.717) is 22.9 Å². The second-order valence-electron chi connectivity index (χ2n) is 6.64. The maximum atomic E-state index is 12.3. The van der Waals surface area contributed by atoms with Gasteiger partial charge in [-0.3, -0.25) is 9.59 Å². The first kappa shape index (κ1) is 21.7. The maximum absolute atomic E-state index is 12.3. The van der Waals surface area contributed by atoms with Crippen LogP contribution in [0.1, 0.15) is 5.56 Å². The van der Waals surface area contributed by atoms with Crippen molar-refractivity contribution in [2.75, 3.05) is 31.5 Å². The molecule has 7 nitrogen and oxygen atoms in total. The van der Waals surface area contributed by atoms with Crippen molar-refractivity contribution in [1.29, 1.82) is 0 Å². The molecule has 3 rings (SSSR count). The van der Waals surface area contributed by atoms with Crippen molar-refractivity contribution >= 4 is 23.2 Å². The number of carbonyl (C=O) groups is 2. The zero-order valence-electron chi connectivity index (χ0n) is 17.4. The molecule has 0 atom stereocenters. The molecule has 0 aliphatic carbocycles. The molecule has 0 saturated carbocycles. The third-order valence-corrected chi connectivity index (χ3v) is 4.38. The van der Waals surface area contributed by atoms with E-state index in [0.717, 1.165) is 11.3 Å². The number of rotatable bonds is 9. The maximum Gasteiger partial charge on any atom is 0.262 e. The van der Waals surface area contributed by atoms with Crippen molar-refractivity contribution in [3.05, 3.63) is 78.4 Å². The van der Waals surface area contributed by atoms with E-state index in [9.17, 15) is 9.59 Å². The highest BCUT2D eigenvalue weighted by atomic mass is 16.5. The van der Waals surface area contributed by atoms with Crippen molar-refractivity contribution in [2.24, 2.45) is 0 Å². The zero-order valence-corrected chi connectivity index (χ0v) is 17.4. The number of para-hydroxylation sites is 2. The van der Waals surface area contributed by atoms with Crippen LogP contribution < -0.4 is 24.8 Å². The van der Waals surface area contributed by atoms with Crippen LogP contribution in [0.25, 0.3) is 0 Å². The van der Waals surface area contributed by atoms with Gasteiger partial charge in [0, 0.05) is 11.4 Å². The molecule has 0 aromatic heterocycles. The third kappa shape index (κ3) is 6.50. The minimum atomic E-state index is -0.326. The van der Waals surface area contributed by atoms with Gasteiger partial charge in [-0.25, -0.2) is 0 Å². The van der Waals surface area contributed by atoms with Gasteiger partial charge in [0.25, 0.3) is 5.91 Å². The Balaban J connectivity index is 1.53. The van der Waals surface area contributed by atoms with Gasteiger partial charge in [-0.1, -0.05) is 30.3 Å². The zero-order chi connectivity index (χ0) is 22.1. The van der Waals surface area contributed by atoms with Crippen LogP contribution in [0.2, 0.25) is 0 Å². The molecule has 0 unspecified atom stereocenters. The first-order valence-corrected chi connectivity index (χ1v) is 9.66. The number of nitrogens with one attached hydrogen (secondary N) is 2. The Morgan fingerprint density at radius 3 is 2.03 bits per heavy atom. The second-order valence-corrected chi connectivity index (χ2v) is 6.64. The van der Waals surface area contributed by atoms with Crippen LogP contribution in [0, 0.1) is 0 Å². The molecule has 2 N–H and O–H groups in total. The summed E-state index contributed by atoms with van der Waals surface area (Å²) in [7, 11) is 3.13. The summed E-state index contributed by atoms with van der Waals surface area (Å²) in [6, 6.07) is 21.3. The Kier molecular flexibility index (Phi) is 7.48. The summed E-state index contributed by atoms with van der Waals surface area (Å²) in [5.41, 5.74) is 2.01. The smallest absolute Gasteiger partial charge is 0.262 e. The minimum Gasteiger partial charge on any atom is -0.497 e. The van der Waals surface area contributed by atoms with Crippen LogP contribution in [0.5, 0.6) is 17.2 Å². The average Bonchev–Trinajstić information content (AvgIpc) is 2.78. The predicted molar refractivity (Wildman–Crippen MR) is 119 cm³/mol. The highest BCUT2D eigenvalue weighted by Gasteiger charge is 2.09. The van der Waals surface area contributed by atoms with Crippen LogP contribution in [0.4, 0.5) is 11.4 Å². The number of carbonyl (C=O) groups excluding carboxylic acids is 2. The quantitative estimate of drug-likeness (QED) is 0.548. The van der Waals surface area contributed by atoms with Crippen LogP contribution in [-0.4, -0.2) is 32.6 Å². The summed E-state index contributed by atoms with van der Waals surface area (Å²) < 4.78 is 15.8. The molecule has 0 aliphatic heterocycles. The van der Waals surface area contributed by atoms with E-state index in [1.807, 2.05) is 30.3 Å². The first-order valence-electron chi connectivity index (χ1n) is 9.66. The van der Waals surface area contributed by atoms with Gasteiger partial charge in [-0.2, -0.15) is 0 Å². The summed E-state index contributed by atoms with van der Waals surface area (Å²) >= 11 is 0. The van der Waals surface area contributed by atoms with Crippen LogP contribution >= 0.6 is 0 Å². The van der Waals surface area contributed by atoms with Crippen molar-refractivity contribution in [2.45, 2.75) is 6.42 Å². The highest BCUT2D eigenvalue weighted by Crippen LogP contribution is 2.25. The molecule has 2 amide bonds. The number of hydrogen-bond acceptors (Lipinski definition) is 5. The Labute approximate surface area is 180 Å². The summed E-state index contributed by atoms with van der Waals surface area (Å²) in [5, 5.41) is 5.59. The van der Waals surface area contributed by atoms with Crippen LogP contribution in [-0.2, 0) is 16.0 Å². The van der Waals surface area contributed by atoms with Gasteiger partial charge >= 0.3 is 0 Å². The topological polar surface area (TPSA) is 85.9 Å². The number of anilines is 2. The lowest BCUT2D eigenvalue weighted by Crippen LogP contribution is -2.20. The van der Waals surface area contributed by atoms with E-state index >= 15 is 0 Å². The lowest BCUT2D eigenvalue weighted by atomic mass is 10.1. The minimum absolute atomic E-state index is 0.159. The van der Waals surface area contributed by atoms with Crippen molar-refractivity contribution in [3.8, 4) is 17.2 Å². The van der Waals surface area contributed by atoms with Gasteiger partial charge in [0.15, 0.2) is 18.1 Å². The highest BCUT2D eigenvalue weighted by molar-refractivity contribution is 5.95. The Morgan fingerprint density at radius 2 is 1.39 bits per heavy atom. The van der Waals surface area contributed by atoms with Crippen LogP contribution in [0.15, 0.2) is 72.8 Å². The predicted octanol–water partition coefficient (Wildman–Crippen LogP) is 3.90. The molecule has 7 heteroatoms. The van der Waals surface area contributed by atoms with Crippen LogP contribution in [0.3, 0.4) is 0 Å². The fraction of sp³-hybridized carbons (Fsp3) is 0.167. The lowest BCUT2D eigenvalue weighted by Gasteiger charge is -2.11. The summed E-state index contributed by atoms with van der Waals surface area (Å²) in [6.07, 6.45) is 0.229. The van der Waals surface area contributed by atoms with Gasteiger partial charge in [0.1, 0.15) is 5.75 Å². The molecule has 0 saturated heterocycles. The van der Waals surface area contributed by atoms with E-state index in [1.165, 1.54) is 7.11 Å². The van der Waals surface area contributed by atoms with E-state index < -0.39 is 0 Å². The largest absolute Gasteiger partial charge is 0.497 e. The molecule has 3 aromatic rings. The summed E-state index contributed by atoms with van der Waals surface area (Å²) in [5.74, 6) is 1.29. The lowest BCUT2D eigenvalue weighted by molar-refractivity contribution is -0.118. The molecular weight excluding hydrogens is 396 g/mol. The van der Waals surface area contributed by atoms with Gasteiger partial charge < -0.3 is 24.8 Å². The molecule has 0 spiro atoms. The molecule has 0 radical (unpaired) electrons. The van der Waals surface area contributed by atoms with Crippen molar-refractivity contribution in [1.82, 2.24) is 0 Å². The van der Waals surface area contributed by atoms with Gasteiger partial charge in [-0.15, -0.1) is 0 Å². The molecule has 160 valence electrons. The number of ether oxygens (including phenoxy) is 3. The Bertz CT molecular complexity index is 1030. The summed E-state index contributed by atoms with van der Waals surface area (Å²) in [4.78, 5) is 24.6. The van der Waals surface area contributed by atoms with Crippen molar-refractivity contribution < 1.29 is 23.8 Å². The van der Waals surface area contributed by atoms with Gasteiger partial charge in [0.2, 0.25) is 5.91 Å². The SMILES string of the molecule is COc1ccc(CC(=O)Nc2cccc(NC(=O)COc3ccccc3OC)c2)cc1. The molecule has 0 aliphatic rings. The number of hydrogen-bond donors (Lipinski definition) is 2. The van der Waals surface area contributed by atoms with E-state index in [2.05, 4.69) is 10.6 Å². The van der Waals surface area contributed by atoms with Gasteiger partial charge in [0.05, 0.1) is 20.6 Å². The average molecular weight is 420 g/mol. The van der Waals surface area contributed by atoms with E-state index in [-0.39, 0.29) is 24.8 Å². The standard InChI is InChI=1S/C24H24N2O5/c1-29-20-12-10-17(11-13-20)14-23(27)25-18-6-5-7-19(15-18)26-24(28)16-31-22-9-4-3-8-21(22)30-2/h3-13,15H,14,16H2,1-2H3,(H,25,27)(H,26,28). The number of amides is 2. The first-order chi connectivity index (χ1) is 15.1. The number of methoxy groups -OCH3 is 2. The van der Waals surface area contributed by atoms with Crippen molar-refractivity contribution in [3.63, 3.8) is 0 Å². The second kappa shape index (κ2) is 10.7. The molecule has 0 heterocycles. The Morgan fingerprint density at radius 1 is 0.742 bits per heavy atom. The third-order valence-electron chi connectivity index (χ3n) is 4.38. The van der Waals surface area contributed by atoms with E-state index in [4.69, 9.17) is 14.2 Å². The van der Waals surface area contributed by atoms with Gasteiger partial charge in [-0.05, 0) is 48.0 Å². The monoisotopic (exact) mass is 420 g/mol.